The molecule has 1 amide bonds. The predicted octanol–water partition coefficient (Wildman–Crippen LogP) is 2.39. The lowest BCUT2D eigenvalue weighted by Gasteiger charge is -2.11. The standard InChI is InChI=1S/C11H12F4N2O/c1-16-5-4-10(18)17-7-2-3-9(12)8(6-7)11(13,14)15/h2-3,6,16H,4-5H2,1H3,(H,17,18). The third-order valence-corrected chi connectivity index (χ3v) is 2.16. The molecule has 0 unspecified atom stereocenters. The van der Waals surface area contributed by atoms with E-state index in [9.17, 15) is 22.4 Å². The summed E-state index contributed by atoms with van der Waals surface area (Å²) in [5, 5.41) is 5.00. The average Bonchev–Trinajstić information content (AvgIpc) is 2.27. The van der Waals surface area contributed by atoms with Crippen LogP contribution in [0.4, 0.5) is 23.2 Å². The summed E-state index contributed by atoms with van der Waals surface area (Å²) in [6.45, 7) is 0.402. The molecule has 0 aliphatic rings. The summed E-state index contributed by atoms with van der Waals surface area (Å²) < 4.78 is 50.2. The largest absolute Gasteiger partial charge is 0.419 e. The van der Waals surface area contributed by atoms with Gasteiger partial charge in [0, 0.05) is 18.7 Å². The van der Waals surface area contributed by atoms with Crippen LogP contribution in [0.5, 0.6) is 0 Å². The van der Waals surface area contributed by atoms with Crippen LogP contribution in [0.2, 0.25) is 0 Å². The molecule has 1 aromatic rings. The number of hydrogen-bond donors (Lipinski definition) is 2. The average molecular weight is 264 g/mol. The summed E-state index contributed by atoms with van der Waals surface area (Å²) in [5.41, 5.74) is -1.47. The molecule has 2 N–H and O–H groups in total. The lowest BCUT2D eigenvalue weighted by atomic mass is 10.1. The van der Waals surface area contributed by atoms with Gasteiger partial charge < -0.3 is 10.6 Å². The fraction of sp³-hybridized carbons (Fsp3) is 0.364. The van der Waals surface area contributed by atoms with E-state index in [1.807, 2.05) is 0 Å². The summed E-state index contributed by atoms with van der Waals surface area (Å²) in [7, 11) is 1.65. The topological polar surface area (TPSA) is 41.1 Å². The van der Waals surface area contributed by atoms with Crippen molar-refractivity contribution in [3.05, 3.63) is 29.6 Å². The summed E-state index contributed by atoms with van der Waals surface area (Å²) in [6, 6.07) is 2.34. The molecular formula is C11H12F4N2O. The Labute approximate surface area is 101 Å². The Hall–Kier alpha value is -1.63. The molecule has 0 aliphatic heterocycles. The van der Waals surface area contributed by atoms with Gasteiger partial charge in [-0.2, -0.15) is 13.2 Å². The lowest BCUT2D eigenvalue weighted by molar-refractivity contribution is -0.140. The molecule has 18 heavy (non-hydrogen) atoms. The summed E-state index contributed by atoms with van der Waals surface area (Å²) in [5.74, 6) is -1.81. The number of anilines is 1. The van der Waals surface area contributed by atoms with Crippen LogP contribution in [0.3, 0.4) is 0 Å². The maximum absolute atomic E-state index is 13.0. The maximum Gasteiger partial charge on any atom is 0.419 e. The van der Waals surface area contributed by atoms with Gasteiger partial charge in [0.2, 0.25) is 5.91 Å². The molecule has 0 spiro atoms. The molecular weight excluding hydrogens is 252 g/mol. The second-order valence-electron chi connectivity index (χ2n) is 3.59. The van der Waals surface area contributed by atoms with Gasteiger partial charge in [0.1, 0.15) is 5.82 Å². The van der Waals surface area contributed by atoms with Gasteiger partial charge in [-0.05, 0) is 25.2 Å². The number of alkyl halides is 3. The number of amides is 1. The SMILES string of the molecule is CNCCC(=O)Nc1ccc(F)c(C(F)(F)F)c1. The Bertz CT molecular complexity index is 432. The molecule has 7 heteroatoms. The molecule has 1 aromatic carbocycles. The second-order valence-corrected chi connectivity index (χ2v) is 3.59. The fourth-order valence-electron chi connectivity index (χ4n) is 1.28. The van der Waals surface area contributed by atoms with Gasteiger partial charge in [0.15, 0.2) is 0 Å². The van der Waals surface area contributed by atoms with Crippen molar-refractivity contribution in [2.75, 3.05) is 18.9 Å². The van der Waals surface area contributed by atoms with Gasteiger partial charge in [0.05, 0.1) is 5.56 Å². The number of halogens is 4. The van der Waals surface area contributed by atoms with Crippen molar-refractivity contribution in [2.24, 2.45) is 0 Å². The monoisotopic (exact) mass is 264 g/mol. The van der Waals surface area contributed by atoms with Gasteiger partial charge in [-0.25, -0.2) is 4.39 Å². The van der Waals surface area contributed by atoms with Crippen LogP contribution in [0.1, 0.15) is 12.0 Å². The van der Waals surface area contributed by atoms with Crippen LogP contribution >= 0.6 is 0 Å². The zero-order valence-electron chi connectivity index (χ0n) is 9.57. The van der Waals surface area contributed by atoms with E-state index in [0.29, 0.717) is 18.7 Å². The van der Waals surface area contributed by atoms with Crippen LogP contribution in [0.15, 0.2) is 18.2 Å². The van der Waals surface area contributed by atoms with Crippen molar-refractivity contribution in [2.45, 2.75) is 12.6 Å². The minimum Gasteiger partial charge on any atom is -0.326 e. The third kappa shape index (κ3) is 3.99. The van der Waals surface area contributed by atoms with Crippen LogP contribution in [-0.4, -0.2) is 19.5 Å². The highest BCUT2D eigenvalue weighted by atomic mass is 19.4. The van der Waals surface area contributed by atoms with Gasteiger partial charge >= 0.3 is 6.18 Å². The first-order valence-electron chi connectivity index (χ1n) is 5.16. The molecule has 0 bridgehead atoms. The molecule has 0 aliphatic carbocycles. The van der Waals surface area contributed by atoms with Crippen LogP contribution in [0, 0.1) is 5.82 Å². The fourth-order valence-corrected chi connectivity index (χ4v) is 1.28. The number of nitrogens with one attached hydrogen (secondary N) is 2. The zero-order chi connectivity index (χ0) is 13.8. The molecule has 0 heterocycles. The number of hydrogen-bond acceptors (Lipinski definition) is 2. The van der Waals surface area contributed by atoms with E-state index in [1.165, 1.54) is 0 Å². The molecule has 0 saturated heterocycles. The van der Waals surface area contributed by atoms with Crippen LogP contribution in [0.25, 0.3) is 0 Å². The normalized spacial score (nSPS) is 11.4. The summed E-state index contributed by atoms with van der Waals surface area (Å²) >= 11 is 0. The highest BCUT2D eigenvalue weighted by molar-refractivity contribution is 5.90. The van der Waals surface area contributed by atoms with E-state index in [4.69, 9.17) is 0 Å². The van der Waals surface area contributed by atoms with Crippen molar-refractivity contribution < 1.29 is 22.4 Å². The second kappa shape index (κ2) is 5.81. The van der Waals surface area contributed by atoms with Crippen LogP contribution < -0.4 is 10.6 Å². The number of rotatable bonds is 4. The minimum atomic E-state index is -4.78. The van der Waals surface area contributed by atoms with E-state index in [2.05, 4.69) is 10.6 Å². The Morgan fingerprint density at radius 3 is 2.56 bits per heavy atom. The Morgan fingerprint density at radius 1 is 1.33 bits per heavy atom. The first kappa shape index (κ1) is 14.4. The first-order valence-corrected chi connectivity index (χ1v) is 5.16. The van der Waals surface area contributed by atoms with Crippen molar-refractivity contribution in [1.29, 1.82) is 0 Å². The van der Waals surface area contributed by atoms with Crippen molar-refractivity contribution in [3.8, 4) is 0 Å². The Balaban J connectivity index is 2.83. The molecule has 0 radical (unpaired) electrons. The van der Waals surface area contributed by atoms with E-state index in [1.54, 1.807) is 7.05 Å². The minimum absolute atomic E-state index is 0.0789. The molecule has 0 saturated carbocycles. The van der Waals surface area contributed by atoms with Crippen molar-refractivity contribution in [1.82, 2.24) is 5.32 Å². The van der Waals surface area contributed by atoms with Crippen molar-refractivity contribution >= 4 is 11.6 Å². The predicted molar refractivity (Wildman–Crippen MR) is 58.6 cm³/mol. The third-order valence-electron chi connectivity index (χ3n) is 2.16. The molecule has 0 atom stereocenters. The Morgan fingerprint density at radius 2 is 2.00 bits per heavy atom. The zero-order valence-corrected chi connectivity index (χ0v) is 9.57. The molecule has 0 fully saturated rings. The lowest BCUT2D eigenvalue weighted by Crippen LogP contribution is -2.19. The highest BCUT2D eigenvalue weighted by Gasteiger charge is 2.34. The first-order chi connectivity index (χ1) is 8.34. The van der Waals surface area contributed by atoms with Crippen LogP contribution in [-0.2, 0) is 11.0 Å². The summed E-state index contributed by atoms with van der Waals surface area (Å²) in [6.07, 6.45) is -4.66. The molecule has 3 nitrogen and oxygen atoms in total. The van der Waals surface area contributed by atoms with Gasteiger partial charge in [-0.15, -0.1) is 0 Å². The summed E-state index contributed by atoms with van der Waals surface area (Å²) in [4.78, 5) is 11.3. The molecule has 0 aromatic heterocycles. The van der Waals surface area contributed by atoms with Crippen molar-refractivity contribution in [3.63, 3.8) is 0 Å². The van der Waals surface area contributed by atoms with E-state index in [-0.39, 0.29) is 12.1 Å². The molecule has 1 rings (SSSR count). The van der Waals surface area contributed by atoms with Gasteiger partial charge in [0.25, 0.3) is 0 Å². The number of carbonyl (C=O) groups is 1. The van der Waals surface area contributed by atoms with E-state index < -0.39 is 23.5 Å². The quantitative estimate of drug-likeness (QED) is 0.820. The number of carbonyl (C=O) groups excluding carboxylic acids is 1. The Kier molecular flexibility index (Phi) is 4.66. The van der Waals surface area contributed by atoms with Gasteiger partial charge in [-0.1, -0.05) is 0 Å². The molecule has 100 valence electrons. The van der Waals surface area contributed by atoms with Gasteiger partial charge in [-0.3, -0.25) is 4.79 Å². The van der Waals surface area contributed by atoms with E-state index >= 15 is 0 Å². The maximum atomic E-state index is 13.0. The van der Waals surface area contributed by atoms with E-state index in [0.717, 1.165) is 6.07 Å². The number of benzene rings is 1. The highest BCUT2D eigenvalue weighted by Crippen LogP contribution is 2.32. The smallest absolute Gasteiger partial charge is 0.326 e.